The molecule has 0 N–H and O–H groups in total. The van der Waals surface area contributed by atoms with Gasteiger partial charge >= 0.3 is 5.97 Å². The second kappa shape index (κ2) is 5.04. The van der Waals surface area contributed by atoms with Crippen molar-refractivity contribution in [2.45, 2.75) is 59.5 Å². The molecule has 0 amide bonds. The zero-order chi connectivity index (χ0) is 15.2. The molecule has 1 aromatic rings. The van der Waals surface area contributed by atoms with Gasteiger partial charge in [0.2, 0.25) is 0 Å². The lowest BCUT2D eigenvalue weighted by molar-refractivity contribution is -0.158. The first-order chi connectivity index (χ1) is 9.98. The zero-order valence-electron chi connectivity index (χ0n) is 13.4. The van der Waals surface area contributed by atoms with Crippen molar-refractivity contribution in [3.8, 4) is 0 Å². The number of carbonyl (C=O) groups is 1. The third-order valence-electron chi connectivity index (χ3n) is 5.51. The summed E-state index contributed by atoms with van der Waals surface area (Å²) in [6.07, 6.45) is 7.42. The Hall–Kier alpha value is -1.51. The highest BCUT2D eigenvalue weighted by Crippen LogP contribution is 2.57. The Bertz CT molecular complexity index is 596. The van der Waals surface area contributed by atoms with Crippen molar-refractivity contribution in [3.05, 3.63) is 34.8 Å². The molecular weight excluding hydrogens is 264 g/mol. The number of aryl methyl sites for hydroxylation is 1. The van der Waals surface area contributed by atoms with Gasteiger partial charge in [0.05, 0.1) is 6.26 Å². The molecule has 1 heterocycles. The summed E-state index contributed by atoms with van der Waals surface area (Å²) in [5, 5.41) is 0. The van der Waals surface area contributed by atoms with Crippen LogP contribution >= 0.6 is 0 Å². The topological polar surface area (TPSA) is 39.4 Å². The number of furan rings is 1. The number of allylic oxidation sites excluding steroid dienone is 1. The second-order valence-corrected chi connectivity index (χ2v) is 6.65. The molecule has 0 aromatic carbocycles. The van der Waals surface area contributed by atoms with Gasteiger partial charge in [-0.2, -0.15) is 0 Å². The van der Waals surface area contributed by atoms with Gasteiger partial charge in [0.25, 0.3) is 0 Å². The molecule has 21 heavy (non-hydrogen) atoms. The van der Waals surface area contributed by atoms with Gasteiger partial charge in [0.1, 0.15) is 11.9 Å². The molecule has 114 valence electrons. The van der Waals surface area contributed by atoms with Crippen LogP contribution in [0.1, 0.15) is 63.0 Å². The molecule has 3 rings (SSSR count). The minimum Gasteiger partial charge on any atom is -0.468 e. The number of carbonyl (C=O) groups excluding carboxylic acids is 1. The Morgan fingerprint density at radius 2 is 2.29 bits per heavy atom. The van der Waals surface area contributed by atoms with Crippen LogP contribution in [0.15, 0.2) is 22.3 Å². The van der Waals surface area contributed by atoms with E-state index in [2.05, 4.69) is 19.9 Å². The maximum absolute atomic E-state index is 12.0. The Kier molecular flexibility index (Phi) is 3.46. The van der Waals surface area contributed by atoms with E-state index in [4.69, 9.17) is 9.15 Å². The Morgan fingerprint density at radius 3 is 3.00 bits per heavy atom. The summed E-state index contributed by atoms with van der Waals surface area (Å²) in [7, 11) is 0. The Labute approximate surface area is 126 Å². The molecule has 0 fully saturated rings. The average molecular weight is 288 g/mol. The van der Waals surface area contributed by atoms with Crippen LogP contribution in [-0.2, 0) is 16.0 Å². The molecule has 2 aliphatic rings. The van der Waals surface area contributed by atoms with Gasteiger partial charge in [-0.05, 0) is 31.2 Å². The van der Waals surface area contributed by atoms with E-state index in [1.54, 1.807) is 6.26 Å². The quantitative estimate of drug-likeness (QED) is 0.594. The van der Waals surface area contributed by atoms with Gasteiger partial charge in [-0.15, -0.1) is 0 Å². The van der Waals surface area contributed by atoms with Crippen LogP contribution in [0.25, 0.3) is 0 Å². The van der Waals surface area contributed by atoms with Gasteiger partial charge in [0.15, 0.2) is 0 Å². The van der Waals surface area contributed by atoms with Crippen molar-refractivity contribution in [1.82, 2.24) is 0 Å². The number of fused-ring (bicyclic) bond motifs is 2. The molecule has 0 aliphatic heterocycles. The van der Waals surface area contributed by atoms with Gasteiger partial charge in [-0.25, -0.2) is 0 Å². The summed E-state index contributed by atoms with van der Waals surface area (Å²) in [6, 6.07) is 0. The number of hydrogen-bond acceptors (Lipinski definition) is 3. The highest BCUT2D eigenvalue weighted by Gasteiger charge is 2.51. The van der Waals surface area contributed by atoms with Crippen LogP contribution in [0.4, 0.5) is 0 Å². The summed E-state index contributed by atoms with van der Waals surface area (Å²) in [5.74, 6) is 1.33. The van der Waals surface area contributed by atoms with E-state index < -0.39 is 0 Å². The van der Waals surface area contributed by atoms with E-state index in [0.29, 0.717) is 12.3 Å². The number of ether oxygens (including phenoxy) is 1. The summed E-state index contributed by atoms with van der Waals surface area (Å²) >= 11 is 0. The minimum absolute atomic E-state index is 0.106. The molecule has 3 heteroatoms. The van der Waals surface area contributed by atoms with Crippen LogP contribution in [0, 0.1) is 18.3 Å². The summed E-state index contributed by atoms with van der Waals surface area (Å²) in [5.41, 5.74) is 3.46. The first-order valence-corrected chi connectivity index (χ1v) is 7.94. The van der Waals surface area contributed by atoms with E-state index >= 15 is 0 Å². The largest absolute Gasteiger partial charge is 0.468 e. The van der Waals surface area contributed by atoms with Crippen LogP contribution in [0.2, 0.25) is 0 Å². The molecule has 2 aliphatic carbocycles. The van der Waals surface area contributed by atoms with Crippen LogP contribution in [0.3, 0.4) is 0 Å². The lowest BCUT2D eigenvalue weighted by atomic mass is 9.58. The fourth-order valence-electron chi connectivity index (χ4n) is 3.90. The third-order valence-corrected chi connectivity index (χ3v) is 5.51. The van der Waals surface area contributed by atoms with Crippen molar-refractivity contribution >= 4 is 5.97 Å². The first-order valence-electron chi connectivity index (χ1n) is 7.94. The third kappa shape index (κ3) is 2.05. The monoisotopic (exact) mass is 288 g/mol. The molecule has 1 aromatic heterocycles. The molecule has 3 unspecified atom stereocenters. The Morgan fingerprint density at radius 1 is 1.52 bits per heavy atom. The van der Waals surface area contributed by atoms with E-state index in [0.717, 1.165) is 36.1 Å². The van der Waals surface area contributed by atoms with Crippen LogP contribution < -0.4 is 0 Å². The average Bonchev–Trinajstić information content (AvgIpc) is 2.82. The number of esters is 1. The smallest absolute Gasteiger partial charge is 0.306 e. The maximum atomic E-state index is 12.0. The van der Waals surface area contributed by atoms with Crippen LogP contribution in [0.5, 0.6) is 0 Å². The molecule has 0 radical (unpaired) electrons. The molecule has 0 saturated carbocycles. The van der Waals surface area contributed by atoms with Gasteiger partial charge in [0, 0.05) is 23.8 Å². The molecule has 0 spiro atoms. The number of rotatable bonds is 2. The van der Waals surface area contributed by atoms with Gasteiger partial charge in [-0.3, -0.25) is 4.79 Å². The zero-order valence-corrected chi connectivity index (χ0v) is 13.4. The lowest BCUT2D eigenvalue weighted by Gasteiger charge is -2.48. The standard InChI is InChI=1S/C18H24O3/c1-5-15(19)21-17-16-11(2)10-20-14(16)9-13-8-6-7-12(3)18(13,17)4/h8,10,12,17H,5-7,9H2,1-4H3. The van der Waals surface area contributed by atoms with Gasteiger partial charge < -0.3 is 9.15 Å². The molecule has 0 bridgehead atoms. The van der Waals surface area contributed by atoms with E-state index in [1.807, 2.05) is 13.8 Å². The second-order valence-electron chi connectivity index (χ2n) is 6.65. The Balaban J connectivity index is 2.13. The van der Waals surface area contributed by atoms with Crippen molar-refractivity contribution in [1.29, 1.82) is 0 Å². The van der Waals surface area contributed by atoms with Crippen molar-refractivity contribution in [3.63, 3.8) is 0 Å². The minimum atomic E-state index is -0.214. The predicted octanol–water partition coefficient (Wildman–Crippen LogP) is 4.50. The lowest BCUT2D eigenvalue weighted by Crippen LogP contribution is -2.42. The normalized spacial score (nSPS) is 31.1. The summed E-state index contributed by atoms with van der Waals surface area (Å²) < 4.78 is 11.6. The SMILES string of the molecule is CCC(=O)OC1c2c(C)coc2CC2=CCCC(C)C21C. The number of hydrogen-bond donors (Lipinski definition) is 0. The highest BCUT2D eigenvalue weighted by atomic mass is 16.5. The molecular formula is C18H24O3. The summed E-state index contributed by atoms with van der Waals surface area (Å²) in [6.45, 7) is 8.42. The van der Waals surface area contributed by atoms with Crippen molar-refractivity contribution in [2.24, 2.45) is 11.3 Å². The van der Waals surface area contributed by atoms with E-state index in [-0.39, 0.29) is 17.5 Å². The van der Waals surface area contributed by atoms with Crippen molar-refractivity contribution in [2.75, 3.05) is 0 Å². The van der Waals surface area contributed by atoms with E-state index in [1.165, 1.54) is 5.57 Å². The maximum Gasteiger partial charge on any atom is 0.306 e. The van der Waals surface area contributed by atoms with Gasteiger partial charge in [-0.1, -0.05) is 32.4 Å². The van der Waals surface area contributed by atoms with Crippen molar-refractivity contribution < 1.29 is 13.9 Å². The molecule has 3 atom stereocenters. The fourth-order valence-corrected chi connectivity index (χ4v) is 3.90. The van der Waals surface area contributed by atoms with E-state index in [9.17, 15) is 4.79 Å². The summed E-state index contributed by atoms with van der Waals surface area (Å²) in [4.78, 5) is 12.0. The predicted molar refractivity (Wildman–Crippen MR) is 80.9 cm³/mol. The highest BCUT2D eigenvalue weighted by molar-refractivity contribution is 5.69. The fraction of sp³-hybridized carbons (Fsp3) is 0.611. The molecule has 3 nitrogen and oxygen atoms in total. The van der Waals surface area contributed by atoms with Crippen LogP contribution in [-0.4, -0.2) is 5.97 Å². The molecule has 0 saturated heterocycles. The first kappa shape index (κ1) is 14.4.